The number of nitrogens with zero attached hydrogens (tertiary/aromatic N) is 2. The van der Waals surface area contributed by atoms with Crippen molar-refractivity contribution in [2.45, 2.75) is 38.8 Å². The average Bonchev–Trinajstić information content (AvgIpc) is 2.73. The Morgan fingerprint density at radius 2 is 2.15 bits per heavy atom. The van der Waals surface area contributed by atoms with Crippen LogP contribution < -0.4 is 4.90 Å². The number of aliphatic hydroxyl groups is 1. The van der Waals surface area contributed by atoms with E-state index < -0.39 is 11.4 Å². The predicted octanol–water partition coefficient (Wildman–Crippen LogP) is 3.34. The van der Waals surface area contributed by atoms with Gasteiger partial charge in [-0.15, -0.1) is 0 Å². The number of benzene rings is 1. The maximum Gasteiger partial charge on any atom is 0.147 e. The second-order valence-electron chi connectivity index (χ2n) is 5.88. The molecule has 0 aliphatic carbocycles. The van der Waals surface area contributed by atoms with Crippen LogP contribution in [0.1, 0.15) is 32.8 Å². The molecular formula is C15H18ClFN2O. The van der Waals surface area contributed by atoms with E-state index in [2.05, 4.69) is 0 Å². The molecule has 1 fully saturated rings. The molecule has 0 radical (unpaired) electrons. The lowest BCUT2D eigenvalue weighted by molar-refractivity contribution is 0.0156. The Bertz CT molecular complexity index is 562. The van der Waals surface area contributed by atoms with Crippen molar-refractivity contribution < 1.29 is 9.50 Å². The van der Waals surface area contributed by atoms with E-state index in [4.69, 9.17) is 16.9 Å². The summed E-state index contributed by atoms with van der Waals surface area (Å²) in [6.07, 6.45) is 0.793. The minimum atomic E-state index is -0.805. The van der Waals surface area contributed by atoms with Crippen molar-refractivity contribution >= 4 is 17.3 Å². The molecule has 0 saturated carbocycles. The van der Waals surface area contributed by atoms with Gasteiger partial charge in [-0.25, -0.2) is 4.39 Å². The highest BCUT2D eigenvalue weighted by atomic mass is 35.5. The van der Waals surface area contributed by atoms with E-state index in [1.54, 1.807) is 13.8 Å². The third kappa shape index (κ3) is 2.61. The molecule has 1 N–H and O–H groups in total. The summed E-state index contributed by atoms with van der Waals surface area (Å²) >= 11 is 5.99. The van der Waals surface area contributed by atoms with E-state index in [-0.39, 0.29) is 22.5 Å². The standard InChI is InChI=1S/C15H18ClFN2O/c1-9-11(15(2,3)20)4-5-19(9)14-7-12(16)10(8-18)6-13(14)17/h6-7,9,11,20H,4-5H2,1-3H3. The Kier molecular flexibility index (Phi) is 3.95. The van der Waals surface area contributed by atoms with Gasteiger partial charge in [0.2, 0.25) is 0 Å². The van der Waals surface area contributed by atoms with Crippen LogP contribution in [0.3, 0.4) is 0 Å². The van der Waals surface area contributed by atoms with Crippen molar-refractivity contribution in [1.29, 1.82) is 5.26 Å². The summed E-state index contributed by atoms with van der Waals surface area (Å²) in [5.74, 6) is -0.384. The third-order valence-electron chi connectivity index (χ3n) is 4.13. The van der Waals surface area contributed by atoms with Crippen molar-refractivity contribution in [3.05, 3.63) is 28.5 Å². The summed E-state index contributed by atoms with van der Waals surface area (Å²) in [7, 11) is 0. The molecule has 1 aliphatic heterocycles. The van der Waals surface area contributed by atoms with Crippen LogP contribution in [-0.2, 0) is 0 Å². The molecule has 1 aromatic carbocycles. The summed E-state index contributed by atoms with van der Waals surface area (Å²) in [6.45, 7) is 6.19. The van der Waals surface area contributed by atoms with E-state index in [1.165, 1.54) is 12.1 Å². The van der Waals surface area contributed by atoms with E-state index in [0.29, 0.717) is 12.2 Å². The van der Waals surface area contributed by atoms with Gasteiger partial charge in [0.1, 0.15) is 11.9 Å². The van der Waals surface area contributed by atoms with Crippen molar-refractivity contribution in [3.63, 3.8) is 0 Å². The Hall–Kier alpha value is -1.31. The zero-order chi connectivity index (χ0) is 15.1. The largest absolute Gasteiger partial charge is 0.390 e. The average molecular weight is 297 g/mol. The zero-order valence-corrected chi connectivity index (χ0v) is 12.6. The first-order valence-corrected chi connectivity index (χ1v) is 7.01. The Morgan fingerprint density at radius 1 is 1.50 bits per heavy atom. The highest BCUT2D eigenvalue weighted by Gasteiger charge is 2.40. The maximum absolute atomic E-state index is 14.2. The minimum absolute atomic E-state index is 0.00787. The van der Waals surface area contributed by atoms with Crippen LogP contribution in [0.5, 0.6) is 0 Å². The minimum Gasteiger partial charge on any atom is -0.390 e. The molecule has 2 atom stereocenters. The van der Waals surface area contributed by atoms with Crippen molar-refractivity contribution in [2.75, 3.05) is 11.4 Å². The van der Waals surface area contributed by atoms with E-state index in [9.17, 15) is 9.50 Å². The number of rotatable bonds is 2. The van der Waals surface area contributed by atoms with Gasteiger partial charge < -0.3 is 10.0 Å². The SMILES string of the molecule is CC1C(C(C)(C)O)CCN1c1cc(Cl)c(C#N)cc1F. The Morgan fingerprint density at radius 3 is 2.65 bits per heavy atom. The molecule has 20 heavy (non-hydrogen) atoms. The van der Waals surface area contributed by atoms with Gasteiger partial charge in [0.05, 0.1) is 21.9 Å². The van der Waals surface area contributed by atoms with Crippen LogP contribution in [0.25, 0.3) is 0 Å². The molecule has 0 amide bonds. The van der Waals surface area contributed by atoms with Gasteiger partial charge in [-0.2, -0.15) is 5.26 Å². The van der Waals surface area contributed by atoms with Crippen molar-refractivity contribution in [1.82, 2.24) is 0 Å². The fourth-order valence-electron chi connectivity index (χ4n) is 3.07. The highest BCUT2D eigenvalue weighted by Crippen LogP contribution is 2.38. The third-order valence-corrected chi connectivity index (χ3v) is 4.44. The first kappa shape index (κ1) is 15.1. The number of hydrogen-bond donors (Lipinski definition) is 1. The fourth-order valence-corrected chi connectivity index (χ4v) is 3.27. The predicted molar refractivity (Wildman–Crippen MR) is 77.3 cm³/mol. The molecule has 2 unspecified atom stereocenters. The van der Waals surface area contributed by atoms with E-state index in [0.717, 1.165) is 6.42 Å². The van der Waals surface area contributed by atoms with Gasteiger partial charge in [-0.05, 0) is 39.3 Å². The number of anilines is 1. The lowest BCUT2D eigenvalue weighted by Gasteiger charge is -2.33. The van der Waals surface area contributed by atoms with Gasteiger partial charge >= 0.3 is 0 Å². The molecule has 1 saturated heterocycles. The molecule has 0 spiro atoms. The molecule has 0 aromatic heterocycles. The summed E-state index contributed by atoms with van der Waals surface area (Å²) in [4.78, 5) is 1.91. The van der Waals surface area contributed by atoms with Crippen LogP contribution >= 0.6 is 11.6 Å². The van der Waals surface area contributed by atoms with Crippen molar-refractivity contribution in [3.8, 4) is 6.07 Å². The van der Waals surface area contributed by atoms with Gasteiger partial charge in [-0.3, -0.25) is 0 Å². The zero-order valence-electron chi connectivity index (χ0n) is 11.8. The lowest BCUT2D eigenvalue weighted by atomic mass is 9.85. The van der Waals surface area contributed by atoms with Gasteiger partial charge in [0, 0.05) is 18.5 Å². The van der Waals surface area contributed by atoms with E-state index >= 15 is 0 Å². The normalized spacial score (nSPS) is 22.9. The number of nitriles is 1. The molecule has 1 aromatic rings. The highest BCUT2D eigenvalue weighted by molar-refractivity contribution is 6.32. The van der Waals surface area contributed by atoms with Crippen LogP contribution in [0.2, 0.25) is 5.02 Å². The van der Waals surface area contributed by atoms with Crippen LogP contribution in [0.4, 0.5) is 10.1 Å². The van der Waals surface area contributed by atoms with Gasteiger partial charge in [0.25, 0.3) is 0 Å². The molecule has 1 aliphatic rings. The summed E-state index contributed by atoms with van der Waals surface area (Å²) in [5, 5.41) is 19.3. The molecule has 5 heteroatoms. The Labute approximate surface area is 123 Å². The number of halogens is 2. The monoisotopic (exact) mass is 296 g/mol. The molecule has 1 heterocycles. The second kappa shape index (κ2) is 5.23. The molecule has 2 rings (SSSR count). The smallest absolute Gasteiger partial charge is 0.147 e. The topological polar surface area (TPSA) is 47.3 Å². The van der Waals surface area contributed by atoms with Crippen molar-refractivity contribution in [2.24, 2.45) is 5.92 Å². The molecule has 0 bridgehead atoms. The molecule has 108 valence electrons. The van der Waals surface area contributed by atoms with Crippen LogP contribution in [-0.4, -0.2) is 23.3 Å². The summed E-state index contributed by atoms with van der Waals surface area (Å²) in [6, 6.07) is 4.54. The summed E-state index contributed by atoms with van der Waals surface area (Å²) in [5.41, 5.74) is -0.270. The number of hydrogen-bond acceptors (Lipinski definition) is 3. The van der Waals surface area contributed by atoms with Crippen LogP contribution in [0.15, 0.2) is 12.1 Å². The molecule has 3 nitrogen and oxygen atoms in total. The van der Waals surface area contributed by atoms with E-state index in [1.807, 2.05) is 17.9 Å². The van der Waals surface area contributed by atoms with Crippen LogP contribution in [0, 0.1) is 23.1 Å². The summed E-state index contributed by atoms with van der Waals surface area (Å²) < 4.78 is 14.2. The molecular weight excluding hydrogens is 279 g/mol. The quantitative estimate of drug-likeness (QED) is 0.910. The van der Waals surface area contributed by atoms with Gasteiger partial charge in [-0.1, -0.05) is 11.6 Å². The second-order valence-corrected chi connectivity index (χ2v) is 6.29. The lowest BCUT2D eigenvalue weighted by Crippen LogP contribution is -2.40. The first-order chi connectivity index (χ1) is 9.25. The Balaban J connectivity index is 2.35. The first-order valence-electron chi connectivity index (χ1n) is 6.64. The van der Waals surface area contributed by atoms with Gasteiger partial charge in [0.15, 0.2) is 0 Å². The fraction of sp³-hybridized carbons (Fsp3) is 0.533. The maximum atomic E-state index is 14.2.